The second-order valence-corrected chi connectivity index (χ2v) is 20.1. The predicted octanol–water partition coefficient (Wildman–Crippen LogP) is -7.11. The SMILES string of the molecule is C[As](C)C.C[As](C)C.O=[As]O[As]=O.O=[As][O-].O[As](O)O.O[As](O)O.[K+]. The fraction of sp³-hybridized carbons (Fsp3) is 1.00. The molecule has 0 aromatic rings. The summed E-state index contributed by atoms with van der Waals surface area (Å²) in [5.74, 6) is 0. The maximum Gasteiger partial charge on any atom is 1.00 e. The number of hydrogen-bond donors (Lipinski definition) is 6. The van der Waals surface area contributed by atoms with E-state index in [-0.39, 0.29) is 80.7 Å². The zero-order valence-corrected chi connectivity index (χ0v) is 31.1. The molecule has 0 spiro atoms. The number of rotatable bonds is 2. The van der Waals surface area contributed by atoms with Crippen molar-refractivity contribution in [3.05, 3.63) is 0 Å². The molecule has 0 fully saturated rings. The van der Waals surface area contributed by atoms with Crippen LogP contribution in [0.15, 0.2) is 0 Å². The zero-order valence-electron chi connectivity index (χ0n) is 14.9. The molecular formula is C6H24As7KO11. The van der Waals surface area contributed by atoms with Gasteiger partial charge in [-0.3, -0.25) is 0 Å². The van der Waals surface area contributed by atoms with E-state index in [1.807, 2.05) is 0 Å². The van der Waals surface area contributed by atoms with Crippen molar-refractivity contribution in [2.45, 2.75) is 34.3 Å². The zero-order chi connectivity index (χ0) is 21.1. The van der Waals surface area contributed by atoms with Crippen LogP contribution in [0.25, 0.3) is 0 Å². The molecule has 0 aliphatic carbocycles. The first-order valence-electron chi connectivity index (χ1n) is 4.98. The molecule has 0 aliphatic heterocycles. The summed E-state index contributed by atoms with van der Waals surface area (Å²) in [7, 11) is 0. The first-order valence-corrected chi connectivity index (χ1v) is 25.9. The molecule has 11 nitrogen and oxygen atoms in total. The van der Waals surface area contributed by atoms with Crippen molar-refractivity contribution in [1.29, 1.82) is 0 Å². The van der Waals surface area contributed by atoms with Crippen LogP contribution >= 0.6 is 0 Å². The molecule has 0 saturated heterocycles. The maximum absolute atomic E-state index is 9.22. The Kier molecular flexibility index (Phi) is 97.4. The Hall–Kier alpha value is 4.63. The Morgan fingerprint density at radius 2 is 0.760 bits per heavy atom. The van der Waals surface area contributed by atoms with Gasteiger partial charge in [-0.05, 0) is 0 Å². The van der Waals surface area contributed by atoms with Crippen LogP contribution in [0.2, 0.25) is 34.3 Å². The van der Waals surface area contributed by atoms with E-state index in [1.165, 1.54) is 0 Å². The van der Waals surface area contributed by atoms with Crippen LogP contribution < -0.4 is 55.5 Å². The van der Waals surface area contributed by atoms with Crippen LogP contribution in [0.1, 0.15) is 0 Å². The Labute approximate surface area is 232 Å². The van der Waals surface area contributed by atoms with Gasteiger partial charge in [0.2, 0.25) is 0 Å². The summed E-state index contributed by atoms with van der Waals surface area (Å²) in [6.07, 6.45) is 0. The summed E-state index contributed by atoms with van der Waals surface area (Å²) in [4.78, 5) is 0. The Morgan fingerprint density at radius 3 is 0.760 bits per heavy atom. The minimum absolute atomic E-state index is 0. The normalized spacial score (nSPS) is 8.52. The van der Waals surface area contributed by atoms with E-state index in [1.54, 1.807) is 0 Å². The molecule has 25 heavy (non-hydrogen) atoms. The molecule has 0 atom stereocenters. The van der Waals surface area contributed by atoms with Gasteiger partial charge in [0.05, 0.1) is 0 Å². The second kappa shape index (κ2) is 51.4. The van der Waals surface area contributed by atoms with Crippen molar-refractivity contribution in [2.24, 2.45) is 0 Å². The van der Waals surface area contributed by atoms with E-state index >= 15 is 0 Å². The monoisotopic (exact) mass is 836 g/mol. The molecule has 0 unspecified atom stereocenters. The molecule has 0 amide bonds. The average Bonchev–Trinajstić information content (AvgIpc) is 2.27. The third-order valence-electron chi connectivity index (χ3n) is 0.0667. The van der Waals surface area contributed by atoms with Crippen molar-refractivity contribution < 1.29 is 94.0 Å². The topological polar surface area (TPSA) is 205 Å². The molecule has 0 saturated carbocycles. The molecule has 19 heteroatoms. The summed E-state index contributed by atoms with van der Waals surface area (Å²) in [5.41, 5.74) is 13.9. The third kappa shape index (κ3) is 462. The molecule has 150 valence electrons. The van der Waals surface area contributed by atoms with Gasteiger partial charge < -0.3 is 0 Å². The average molecular weight is 836 g/mol. The van der Waals surface area contributed by atoms with Crippen LogP contribution in [0.4, 0.5) is 0 Å². The third-order valence-corrected chi connectivity index (χ3v) is 1.80. The molecule has 0 heterocycles. The quantitative estimate of drug-likeness (QED) is 0.144. The predicted molar refractivity (Wildman–Crippen MR) is 91.9 cm³/mol. The summed E-state index contributed by atoms with van der Waals surface area (Å²) in [5, 5.41) is 0. The van der Waals surface area contributed by atoms with Crippen LogP contribution in [0.5, 0.6) is 0 Å². The van der Waals surface area contributed by atoms with Crippen molar-refractivity contribution in [2.75, 3.05) is 0 Å². The first kappa shape index (κ1) is 47.4. The molecule has 0 radical (unpaired) electrons. The Morgan fingerprint density at radius 1 is 0.680 bits per heavy atom. The molecule has 0 aliphatic rings. The van der Waals surface area contributed by atoms with E-state index in [0.29, 0.717) is 0 Å². The van der Waals surface area contributed by atoms with Gasteiger partial charge in [-0.2, -0.15) is 0 Å². The largest absolute Gasteiger partial charge is 1.00 e. The van der Waals surface area contributed by atoms with E-state index < -0.39 is 79.4 Å². The van der Waals surface area contributed by atoms with Crippen molar-refractivity contribution in [3.8, 4) is 0 Å². The van der Waals surface area contributed by atoms with Crippen molar-refractivity contribution in [1.82, 2.24) is 0 Å². The van der Waals surface area contributed by atoms with Gasteiger partial charge in [0.1, 0.15) is 0 Å². The van der Waals surface area contributed by atoms with Crippen LogP contribution in [0.3, 0.4) is 0 Å². The Bertz CT molecular complexity index is 184. The van der Waals surface area contributed by atoms with E-state index in [0.717, 1.165) is 0 Å². The van der Waals surface area contributed by atoms with E-state index in [2.05, 4.69) is 37.0 Å². The summed E-state index contributed by atoms with van der Waals surface area (Å²) in [6.45, 7) is 0. The molecule has 0 rings (SSSR count). The number of hydrogen-bond acceptors (Lipinski definition) is 11. The van der Waals surface area contributed by atoms with Crippen molar-refractivity contribution in [3.63, 3.8) is 0 Å². The summed E-state index contributed by atoms with van der Waals surface area (Å²) >= 11 is -11.2. The van der Waals surface area contributed by atoms with Gasteiger partial charge in [0.15, 0.2) is 0 Å². The Balaban J connectivity index is -0.0000000310. The van der Waals surface area contributed by atoms with E-state index in [4.69, 9.17) is 32.4 Å². The first-order chi connectivity index (χ1) is 10.8. The van der Waals surface area contributed by atoms with Crippen LogP contribution in [-0.2, 0) is 13.9 Å². The van der Waals surface area contributed by atoms with Gasteiger partial charge in [0.25, 0.3) is 0 Å². The van der Waals surface area contributed by atoms with Gasteiger partial charge in [0, 0.05) is 0 Å². The molecule has 0 aromatic carbocycles. The molecule has 0 aromatic heterocycles. The fourth-order valence-electron chi connectivity index (χ4n) is 0.0136. The van der Waals surface area contributed by atoms with Gasteiger partial charge >= 0.3 is 237 Å². The maximum atomic E-state index is 9.22. The minimum atomic E-state index is -3.19. The molecule has 6 N–H and O–H groups in total. The second-order valence-electron chi connectivity index (χ2n) is 3.53. The van der Waals surface area contributed by atoms with Gasteiger partial charge in [-0.1, -0.05) is 0 Å². The molecular weight excluding hydrogens is 812 g/mol. The van der Waals surface area contributed by atoms with Crippen LogP contribution in [-0.4, -0.2) is 133 Å². The van der Waals surface area contributed by atoms with E-state index in [9.17, 15) is 7.48 Å². The smallest absolute Gasteiger partial charge is 1.00 e. The fourth-order valence-corrected chi connectivity index (χ4v) is 0.367. The summed E-state index contributed by atoms with van der Waals surface area (Å²) < 4.78 is 83.2. The van der Waals surface area contributed by atoms with Gasteiger partial charge in [-0.15, -0.1) is 0 Å². The van der Waals surface area contributed by atoms with Gasteiger partial charge in [-0.25, -0.2) is 0 Å². The molecule has 0 bridgehead atoms. The van der Waals surface area contributed by atoms with Crippen molar-refractivity contribution >= 4 is 109 Å². The minimum Gasteiger partial charge on any atom is 1.00 e. The van der Waals surface area contributed by atoms with Crippen LogP contribution in [0, 0.1) is 0 Å². The standard InChI is InChI=1S/2C3H9As.As2O3.2AsH3O3.AsHO2.K/c2*1-4(2)3;3-1-5-2-4;2*2-1(3)4;2-1-3;/h2*1-3H3;;2*2-4H;(H,2,3);/q;;;;;;+1/p-1. The summed E-state index contributed by atoms with van der Waals surface area (Å²) in [6, 6.07) is 0.